The summed E-state index contributed by atoms with van der Waals surface area (Å²) in [6.45, 7) is 4.07. The molecule has 0 radical (unpaired) electrons. The molecule has 1 aromatic rings. The first-order valence-corrected chi connectivity index (χ1v) is 10.2. The molecule has 1 aliphatic carbocycles. The SMILES string of the molecule is Cc1cc(Cl)ccc1S(=O)(=O)[C@@H]1CC[C@@H](C(=O)N2CCOCC2)C1. The molecule has 2 atom stereocenters. The van der Waals surface area contributed by atoms with E-state index in [1.165, 1.54) is 0 Å². The molecule has 0 spiro atoms. The fraction of sp³-hybridized carbons (Fsp3) is 0.588. The number of amides is 1. The minimum Gasteiger partial charge on any atom is -0.378 e. The van der Waals surface area contributed by atoms with Crippen molar-refractivity contribution < 1.29 is 17.9 Å². The highest BCUT2D eigenvalue weighted by Gasteiger charge is 2.40. The van der Waals surface area contributed by atoms with Crippen molar-refractivity contribution in [3.8, 4) is 0 Å². The van der Waals surface area contributed by atoms with Crippen LogP contribution in [0.15, 0.2) is 23.1 Å². The van der Waals surface area contributed by atoms with Gasteiger partial charge >= 0.3 is 0 Å². The van der Waals surface area contributed by atoms with Gasteiger partial charge in [-0.15, -0.1) is 0 Å². The maximum atomic E-state index is 12.9. The predicted molar refractivity (Wildman–Crippen MR) is 91.9 cm³/mol. The van der Waals surface area contributed by atoms with Gasteiger partial charge in [-0.05, 0) is 49.9 Å². The quantitative estimate of drug-likeness (QED) is 0.818. The molecule has 1 saturated heterocycles. The van der Waals surface area contributed by atoms with Crippen molar-refractivity contribution in [3.63, 3.8) is 0 Å². The summed E-state index contributed by atoms with van der Waals surface area (Å²) in [5, 5.41) is 0.0330. The molecule has 0 bridgehead atoms. The van der Waals surface area contributed by atoms with Crippen LogP contribution in [-0.2, 0) is 19.4 Å². The summed E-state index contributed by atoms with van der Waals surface area (Å²) >= 11 is 5.92. The average Bonchev–Trinajstić information content (AvgIpc) is 3.05. The van der Waals surface area contributed by atoms with Crippen molar-refractivity contribution in [1.29, 1.82) is 0 Å². The highest BCUT2D eigenvalue weighted by Crippen LogP contribution is 2.36. The predicted octanol–water partition coefficient (Wildman–Crippen LogP) is 2.45. The van der Waals surface area contributed by atoms with Crippen molar-refractivity contribution in [2.24, 2.45) is 5.92 Å². The van der Waals surface area contributed by atoms with Crippen molar-refractivity contribution in [2.45, 2.75) is 36.3 Å². The molecule has 132 valence electrons. The summed E-state index contributed by atoms with van der Waals surface area (Å²) in [5.74, 6) is -0.126. The Morgan fingerprint density at radius 2 is 1.96 bits per heavy atom. The van der Waals surface area contributed by atoms with Crippen LogP contribution in [0.4, 0.5) is 0 Å². The highest BCUT2D eigenvalue weighted by atomic mass is 35.5. The smallest absolute Gasteiger partial charge is 0.225 e. The summed E-state index contributed by atoms with van der Waals surface area (Å²) in [4.78, 5) is 14.7. The van der Waals surface area contributed by atoms with Gasteiger partial charge in [0.15, 0.2) is 9.84 Å². The Balaban J connectivity index is 1.73. The second kappa shape index (κ2) is 7.02. The van der Waals surface area contributed by atoms with E-state index in [0.717, 1.165) is 0 Å². The van der Waals surface area contributed by atoms with E-state index >= 15 is 0 Å². The Kier molecular flexibility index (Phi) is 5.18. The first kappa shape index (κ1) is 17.7. The molecule has 3 rings (SSSR count). The third-order valence-electron chi connectivity index (χ3n) is 4.94. The number of halogens is 1. The van der Waals surface area contributed by atoms with Gasteiger partial charge in [-0.2, -0.15) is 0 Å². The number of morpholine rings is 1. The summed E-state index contributed by atoms with van der Waals surface area (Å²) in [6.07, 6.45) is 1.57. The average molecular weight is 372 g/mol. The van der Waals surface area contributed by atoms with Gasteiger partial charge < -0.3 is 9.64 Å². The lowest BCUT2D eigenvalue weighted by Gasteiger charge is -2.29. The monoisotopic (exact) mass is 371 g/mol. The highest BCUT2D eigenvalue weighted by molar-refractivity contribution is 7.92. The van der Waals surface area contributed by atoms with E-state index < -0.39 is 15.1 Å². The van der Waals surface area contributed by atoms with Gasteiger partial charge in [0.25, 0.3) is 0 Å². The van der Waals surface area contributed by atoms with Crippen LogP contribution in [0.25, 0.3) is 0 Å². The second-order valence-electron chi connectivity index (χ2n) is 6.52. The number of ether oxygens (including phenoxy) is 1. The first-order valence-electron chi connectivity index (χ1n) is 8.26. The van der Waals surface area contributed by atoms with Crippen LogP contribution in [0.2, 0.25) is 5.02 Å². The second-order valence-corrected chi connectivity index (χ2v) is 9.16. The number of sulfone groups is 1. The molecule has 2 fully saturated rings. The van der Waals surface area contributed by atoms with Crippen LogP contribution < -0.4 is 0 Å². The van der Waals surface area contributed by atoms with Crippen molar-refractivity contribution in [2.75, 3.05) is 26.3 Å². The largest absolute Gasteiger partial charge is 0.378 e. The maximum absolute atomic E-state index is 12.9. The maximum Gasteiger partial charge on any atom is 0.225 e. The molecular formula is C17H22ClNO4S. The normalized spacial score (nSPS) is 25.0. The van der Waals surface area contributed by atoms with E-state index in [1.54, 1.807) is 30.0 Å². The van der Waals surface area contributed by atoms with Crippen molar-refractivity contribution in [1.82, 2.24) is 4.90 Å². The fourth-order valence-corrected chi connectivity index (χ4v) is 5.88. The van der Waals surface area contributed by atoms with Gasteiger partial charge in [-0.25, -0.2) is 8.42 Å². The number of benzene rings is 1. The Morgan fingerprint density at radius 3 is 2.62 bits per heavy atom. The van der Waals surface area contributed by atoms with Crippen LogP contribution >= 0.6 is 11.6 Å². The molecular weight excluding hydrogens is 350 g/mol. The molecule has 0 N–H and O–H groups in total. The van der Waals surface area contributed by atoms with E-state index in [-0.39, 0.29) is 11.8 Å². The van der Waals surface area contributed by atoms with Gasteiger partial charge in [0, 0.05) is 24.0 Å². The van der Waals surface area contributed by atoms with Gasteiger partial charge in [-0.3, -0.25) is 4.79 Å². The summed E-state index contributed by atoms with van der Waals surface area (Å²) in [5.41, 5.74) is 0.658. The Morgan fingerprint density at radius 1 is 1.25 bits per heavy atom. The summed E-state index contributed by atoms with van der Waals surface area (Å²) < 4.78 is 31.1. The molecule has 1 aromatic carbocycles. The van der Waals surface area contributed by atoms with E-state index in [2.05, 4.69) is 0 Å². The molecule has 7 heteroatoms. The van der Waals surface area contributed by atoms with Crippen LogP contribution in [0.1, 0.15) is 24.8 Å². The van der Waals surface area contributed by atoms with Gasteiger partial charge in [0.05, 0.1) is 23.4 Å². The summed E-state index contributed by atoms with van der Waals surface area (Å²) in [6, 6.07) is 4.84. The van der Waals surface area contributed by atoms with E-state index in [1.807, 2.05) is 0 Å². The lowest BCUT2D eigenvalue weighted by atomic mass is 10.1. The van der Waals surface area contributed by atoms with Crippen LogP contribution in [0.5, 0.6) is 0 Å². The number of hydrogen-bond donors (Lipinski definition) is 0. The molecule has 1 amide bonds. The number of aryl methyl sites for hydroxylation is 1. The minimum atomic E-state index is -3.44. The molecule has 5 nitrogen and oxygen atoms in total. The van der Waals surface area contributed by atoms with E-state index in [0.29, 0.717) is 61.0 Å². The molecule has 1 heterocycles. The molecule has 0 unspecified atom stereocenters. The van der Waals surface area contributed by atoms with Crippen molar-refractivity contribution >= 4 is 27.3 Å². The Bertz CT molecular complexity index is 728. The fourth-order valence-electron chi connectivity index (χ4n) is 3.60. The van der Waals surface area contributed by atoms with E-state index in [4.69, 9.17) is 16.3 Å². The third-order valence-corrected chi connectivity index (χ3v) is 7.55. The van der Waals surface area contributed by atoms with Crippen LogP contribution in [-0.4, -0.2) is 50.8 Å². The van der Waals surface area contributed by atoms with E-state index in [9.17, 15) is 13.2 Å². The zero-order valence-corrected chi connectivity index (χ0v) is 15.3. The number of hydrogen-bond acceptors (Lipinski definition) is 4. The molecule has 1 aliphatic heterocycles. The van der Waals surface area contributed by atoms with Crippen molar-refractivity contribution in [3.05, 3.63) is 28.8 Å². The standard InChI is InChI=1S/C17H22ClNO4S/c1-12-10-14(18)3-5-16(12)24(21,22)15-4-2-13(11-15)17(20)19-6-8-23-9-7-19/h3,5,10,13,15H,2,4,6-9,11H2,1H3/t13-,15-/m1/s1. The first-order chi connectivity index (χ1) is 11.4. The lowest BCUT2D eigenvalue weighted by molar-refractivity contribution is -0.139. The number of nitrogens with zero attached hydrogens (tertiary/aromatic N) is 1. The molecule has 24 heavy (non-hydrogen) atoms. The number of carbonyl (C=O) groups excluding carboxylic acids is 1. The Labute approximate surface area is 147 Å². The Hall–Kier alpha value is -1.11. The van der Waals surface area contributed by atoms with Gasteiger partial charge in [0.2, 0.25) is 5.91 Å². The van der Waals surface area contributed by atoms with Gasteiger partial charge in [0.1, 0.15) is 0 Å². The van der Waals surface area contributed by atoms with Crippen LogP contribution in [0, 0.1) is 12.8 Å². The van der Waals surface area contributed by atoms with Gasteiger partial charge in [-0.1, -0.05) is 11.6 Å². The molecule has 0 aromatic heterocycles. The topological polar surface area (TPSA) is 63.7 Å². The number of rotatable bonds is 3. The third kappa shape index (κ3) is 3.46. The molecule has 2 aliphatic rings. The molecule has 1 saturated carbocycles. The minimum absolute atomic E-state index is 0.0730. The van der Waals surface area contributed by atoms with Crippen LogP contribution in [0.3, 0.4) is 0 Å². The number of carbonyl (C=O) groups is 1. The summed E-state index contributed by atoms with van der Waals surface area (Å²) in [7, 11) is -3.44. The zero-order valence-electron chi connectivity index (χ0n) is 13.7. The zero-order chi connectivity index (χ0) is 17.3. The lowest BCUT2D eigenvalue weighted by Crippen LogP contribution is -2.43.